The molecule has 2 aliphatic rings. The normalized spacial score (nSPS) is 24.1. The van der Waals surface area contributed by atoms with Gasteiger partial charge in [0.25, 0.3) is 0 Å². The molecule has 0 radical (unpaired) electrons. The second-order valence-corrected chi connectivity index (χ2v) is 8.57. The summed E-state index contributed by atoms with van der Waals surface area (Å²) >= 11 is 6.41. The molecule has 6 nitrogen and oxygen atoms in total. The van der Waals surface area contributed by atoms with Crippen molar-refractivity contribution in [3.63, 3.8) is 0 Å². The van der Waals surface area contributed by atoms with E-state index in [-0.39, 0.29) is 38.6 Å². The van der Waals surface area contributed by atoms with E-state index in [4.69, 9.17) is 30.9 Å². The standard InChI is InChI=1S/C23H26ClFO5.CH4O/c24-21-6-3-16(22-10-18(27)9-20(11-26)30-22)8-17(21)7-15-1-4-19(5-2-15)29-14-23(25)12-28-13-23;1-2/h1-6,8,18,20,22,26-27H,7,9-14H2;2H,1H3/t18-,20-,22+;/m0./s1. The first-order valence-electron chi connectivity index (χ1n) is 10.6. The summed E-state index contributed by atoms with van der Waals surface area (Å²) in [7, 11) is 1.00. The fourth-order valence-electron chi connectivity index (χ4n) is 3.80. The summed E-state index contributed by atoms with van der Waals surface area (Å²) in [6.45, 7) is 0.0443. The third-order valence-electron chi connectivity index (χ3n) is 5.56. The molecule has 8 heteroatoms. The van der Waals surface area contributed by atoms with Crippen LogP contribution < -0.4 is 4.74 Å². The molecule has 0 saturated carbocycles. The van der Waals surface area contributed by atoms with Gasteiger partial charge in [0.2, 0.25) is 0 Å². The number of hydrogen-bond donors (Lipinski definition) is 3. The average Bonchev–Trinajstić information content (AvgIpc) is 2.79. The Balaban J connectivity index is 0.00000141. The van der Waals surface area contributed by atoms with Gasteiger partial charge in [-0.1, -0.05) is 35.9 Å². The van der Waals surface area contributed by atoms with E-state index in [0.717, 1.165) is 23.8 Å². The molecule has 2 aromatic rings. The molecular weight excluding hydrogens is 439 g/mol. The quantitative estimate of drug-likeness (QED) is 0.578. The first-order valence-corrected chi connectivity index (χ1v) is 11.0. The molecule has 2 aliphatic heterocycles. The maximum absolute atomic E-state index is 14.0. The third-order valence-corrected chi connectivity index (χ3v) is 5.93. The summed E-state index contributed by atoms with van der Waals surface area (Å²) in [5.41, 5.74) is 1.54. The highest BCUT2D eigenvalue weighted by atomic mass is 35.5. The minimum atomic E-state index is -1.38. The highest BCUT2D eigenvalue weighted by molar-refractivity contribution is 6.31. The van der Waals surface area contributed by atoms with Crippen LogP contribution in [0, 0.1) is 0 Å². The summed E-state index contributed by atoms with van der Waals surface area (Å²) < 4.78 is 30.3. The molecule has 0 bridgehead atoms. The molecule has 2 saturated heterocycles. The summed E-state index contributed by atoms with van der Waals surface area (Å²) in [4.78, 5) is 0. The van der Waals surface area contributed by atoms with Crippen molar-refractivity contribution in [3.8, 4) is 5.75 Å². The number of ether oxygens (including phenoxy) is 3. The van der Waals surface area contributed by atoms with Gasteiger partial charge in [-0.2, -0.15) is 0 Å². The van der Waals surface area contributed by atoms with E-state index in [2.05, 4.69) is 0 Å². The lowest BCUT2D eigenvalue weighted by Crippen LogP contribution is -2.50. The molecule has 32 heavy (non-hydrogen) atoms. The lowest BCUT2D eigenvalue weighted by Gasteiger charge is -2.33. The molecule has 176 valence electrons. The van der Waals surface area contributed by atoms with E-state index < -0.39 is 11.8 Å². The van der Waals surface area contributed by atoms with Gasteiger partial charge in [-0.25, -0.2) is 4.39 Å². The van der Waals surface area contributed by atoms with Crippen LogP contribution in [0.1, 0.15) is 35.6 Å². The van der Waals surface area contributed by atoms with Gasteiger partial charge in [0.15, 0.2) is 5.67 Å². The van der Waals surface area contributed by atoms with Crippen molar-refractivity contribution < 1.29 is 33.9 Å². The first-order chi connectivity index (χ1) is 15.4. The lowest BCUT2D eigenvalue weighted by molar-refractivity contribution is -0.146. The Morgan fingerprint density at radius 1 is 1.12 bits per heavy atom. The number of alkyl halides is 1. The van der Waals surface area contributed by atoms with Gasteiger partial charge in [0.1, 0.15) is 12.4 Å². The van der Waals surface area contributed by atoms with Crippen LogP contribution in [-0.4, -0.2) is 66.7 Å². The van der Waals surface area contributed by atoms with Crippen molar-refractivity contribution in [2.45, 2.75) is 43.2 Å². The number of aliphatic hydroxyl groups is 3. The van der Waals surface area contributed by atoms with Crippen molar-refractivity contribution >= 4 is 11.6 Å². The number of benzene rings is 2. The van der Waals surface area contributed by atoms with Crippen LogP contribution in [0.2, 0.25) is 5.02 Å². The van der Waals surface area contributed by atoms with E-state index >= 15 is 0 Å². The summed E-state index contributed by atoms with van der Waals surface area (Å²) in [6, 6.07) is 13.2. The smallest absolute Gasteiger partial charge is 0.190 e. The number of aliphatic hydroxyl groups excluding tert-OH is 3. The summed E-state index contributed by atoms with van der Waals surface area (Å²) in [5, 5.41) is 27.1. The summed E-state index contributed by atoms with van der Waals surface area (Å²) in [6.07, 6.45) is 0.416. The zero-order chi connectivity index (χ0) is 23.1. The minimum absolute atomic E-state index is 0.0116. The Morgan fingerprint density at radius 3 is 2.47 bits per heavy atom. The average molecular weight is 469 g/mol. The molecule has 0 unspecified atom stereocenters. The molecule has 0 aromatic heterocycles. The molecule has 0 spiro atoms. The van der Waals surface area contributed by atoms with Gasteiger partial charge in [-0.05, 0) is 41.3 Å². The van der Waals surface area contributed by atoms with E-state index in [9.17, 15) is 14.6 Å². The summed E-state index contributed by atoms with van der Waals surface area (Å²) in [5.74, 6) is 0.613. The highest BCUT2D eigenvalue weighted by Crippen LogP contribution is 2.34. The van der Waals surface area contributed by atoms with Crippen LogP contribution in [0.3, 0.4) is 0 Å². The molecule has 2 fully saturated rings. The maximum atomic E-state index is 14.0. The molecule has 0 aliphatic carbocycles. The van der Waals surface area contributed by atoms with Gasteiger partial charge < -0.3 is 29.5 Å². The van der Waals surface area contributed by atoms with Gasteiger partial charge in [0.05, 0.1) is 38.1 Å². The van der Waals surface area contributed by atoms with E-state index in [0.29, 0.717) is 30.0 Å². The highest BCUT2D eigenvalue weighted by Gasteiger charge is 2.39. The Hall–Kier alpha value is -1.74. The van der Waals surface area contributed by atoms with Gasteiger partial charge in [-0.15, -0.1) is 0 Å². The Bertz CT molecular complexity index is 858. The monoisotopic (exact) mass is 468 g/mol. The SMILES string of the molecule is CO.OC[C@@H]1C[C@H](O)C[C@H](c2ccc(Cl)c(Cc3ccc(OCC4(F)COC4)cc3)c2)O1. The molecule has 3 atom stereocenters. The number of hydrogen-bond acceptors (Lipinski definition) is 6. The molecule has 2 aromatic carbocycles. The van der Waals surface area contributed by atoms with Crippen molar-refractivity contribution in [1.82, 2.24) is 0 Å². The molecule has 0 amide bonds. The molecule has 4 rings (SSSR count). The van der Waals surface area contributed by atoms with Crippen molar-refractivity contribution in [1.29, 1.82) is 0 Å². The predicted octanol–water partition coefficient (Wildman–Crippen LogP) is 3.23. The number of halogens is 2. The molecular formula is C24H30ClFO6. The van der Waals surface area contributed by atoms with E-state index in [1.807, 2.05) is 42.5 Å². The van der Waals surface area contributed by atoms with Crippen molar-refractivity contribution in [2.75, 3.05) is 33.5 Å². The van der Waals surface area contributed by atoms with Crippen molar-refractivity contribution in [3.05, 3.63) is 64.2 Å². The van der Waals surface area contributed by atoms with Crippen LogP contribution in [0.25, 0.3) is 0 Å². The Kier molecular flexibility index (Phi) is 8.87. The second-order valence-electron chi connectivity index (χ2n) is 8.16. The molecule has 2 heterocycles. The zero-order valence-corrected chi connectivity index (χ0v) is 18.8. The fourth-order valence-corrected chi connectivity index (χ4v) is 3.98. The Morgan fingerprint density at radius 2 is 1.84 bits per heavy atom. The van der Waals surface area contributed by atoms with Crippen LogP contribution >= 0.6 is 11.6 Å². The Labute approximate surface area is 192 Å². The lowest BCUT2D eigenvalue weighted by atomic mass is 9.94. The minimum Gasteiger partial charge on any atom is -0.490 e. The van der Waals surface area contributed by atoms with Crippen molar-refractivity contribution in [2.24, 2.45) is 0 Å². The van der Waals surface area contributed by atoms with Crippen LogP contribution in [0.4, 0.5) is 4.39 Å². The zero-order valence-electron chi connectivity index (χ0n) is 18.0. The topological polar surface area (TPSA) is 88.4 Å². The fraction of sp³-hybridized carbons (Fsp3) is 0.500. The maximum Gasteiger partial charge on any atom is 0.190 e. The van der Waals surface area contributed by atoms with E-state index in [1.165, 1.54) is 0 Å². The van der Waals surface area contributed by atoms with Crippen LogP contribution in [0.5, 0.6) is 5.75 Å². The van der Waals surface area contributed by atoms with Gasteiger partial charge >= 0.3 is 0 Å². The molecule has 3 N–H and O–H groups in total. The van der Waals surface area contributed by atoms with Gasteiger partial charge in [0, 0.05) is 25.0 Å². The van der Waals surface area contributed by atoms with Crippen LogP contribution in [0.15, 0.2) is 42.5 Å². The number of rotatable bonds is 7. The largest absolute Gasteiger partial charge is 0.490 e. The van der Waals surface area contributed by atoms with Crippen LogP contribution in [-0.2, 0) is 15.9 Å². The first kappa shape index (κ1) is 24.9. The predicted molar refractivity (Wildman–Crippen MR) is 119 cm³/mol. The third kappa shape index (κ3) is 6.41. The van der Waals surface area contributed by atoms with E-state index in [1.54, 1.807) is 0 Å². The second kappa shape index (κ2) is 11.4. The van der Waals surface area contributed by atoms with Gasteiger partial charge in [-0.3, -0.25) is 0 Å².